The summed E-state index contributed by atoms with van der Waals surface area (Å²) in [5.74, 6) is -0.823. The standard InChI is InChI=1S/C16H13NO2S/c1-10-17-16(14(20-10)9-15(18)19)13-7-6-11-4-2-3-5-12(11)8-13/h2-8H,9H2,1H3,(H,18,19). The Balaban J connectivity index is 2.12. The Morgan fingerprint density at radius 1 is 1.20 bits per heavy atom. The zero-order valence-electron chi connectivity index (χ0n) is 11.0. The second-order valence-electron chi connectivity index (χ2n) is 4.64. The molecule has 3 aromatic rings. The predicted octanol–water partition coefficient (Wildman–Crippen LogP) is 3.90. The van der Waals surface area contributed by atoms with Crippen molar-refractivity contribution in [2.75, 3.05) is 0 Å². The molecule has 1 N–H and O–H groups in total. The van der Waals surface area contributed by atoms with E-state index in [1.165, 1.54) is 16.7 Å². The quantitative estimate of drug-likeness (QED) is 0.793. The van der Waals surface area contributed by atoms with Crippen LogP contribution in [0.1, 0.15) is 9.88 Å². The zero-order valence-corrected chi connectivity index (χ0v) is 11.8. The van der Waals surface area contributed by atoms with Crippen LogP contribution in [0, 0.1) is 6.92 Å². The second-order valence-corrected chi connectivity index (χ2v) is 5.92. The van der Waals surface area contributed by atoms with Crippen LogP contribution in [0.5, 0.6) is 0 Å². The highest BCUT2D eigenvalue weighted by atomic mass is 32.1. The molecular weight excluding hydrogens is 270 g/mol. The van der Waals surface area contributed by atoms with Crippen molar-refractivity contribution in [3.63, 3.8) is 0 Å². The van der Waals surface area contributed by atoms with Crippen molar-refractivity contribution in [3.8, 4) is 11.3 Å². The van der Waals surface area contributed by atoms with Crippen LogP contribution in [0.2, 0.25) is 0 Å². The molecule has 1 heterocycles. The third-order valence-electron chi connectivity index (χ3n) is 3.14. The van der Waals surface area contributed by atoms with Gasteiger partial charge in [-0.1, -0.05) is 36.4 Å². The predicted molar refractivity (Wildman–Crippen MR) is 81.1 cm³/mol. The van der Waals surface area contributed by atoms with Gasteiger partial charge in [0.25, 0.3) is 0 Å². The summed E-state index contributed by atoms with van der Waals surface area (Å²) in [6, 6.07) is 14.2. The molecule has 0 bridgehead atoms. The Morgan fingerprint density at radius 3 is 2.70 bits per heavy atom. The Hall–Kier alpha value is -2.20. The first-order valence-corrected chi connectivity index (χ1v) is 7.12. The number of carbonyl (C=O) groups is 1. The van der Waals surface area contributed by atoms with Gasteiger partial charge in [-0.05, 0) is 23.8 Å². The minimum absolute atomic E-state index is 0.0215. The van der Waals surface area contributed by atoms with E-state index in [1.807, 2.05) is 31.2 Å². The van der Waals surface area contributed by atoms with E-state index >= 15 is 0 Å². The molecule has 0 fully saturated rings. The minimum atomic E-state index is -0.823. The highest BCUT2D eigenvalue weighted by Gasteiger charge is 2.14. The number of nitrogens with zero attached hydrogens (tertiary/aromatic N) is 1. The van der Waals surface area contributed by atoms with Crippen LogP contribution >= 0.6 is 11.3 Å². The first kappa shape index (κ1) is 12.8. The average molecular weight is 283 g/mol. The molecule has 0 amide bonds. The zero-order chi connectivity index (χ0) is 14.1. The number of aryl methyl sites for hydroxylation is 1. The van der Waals surface area contributed by atoms with Gasteiger partial charge in [0.15, 0.2) is 0 Å². The van der Waals surface area contributed by atoms with Crippen molar-refractivity contribution >= 4 is 28.1 Å². The second kappa shape index (κ2) is 5.06. The highest BCUT2D eigenvalue weighted by molar-refractivity contribution is 7.12. The molecule has 100 valence electrons. The lowest BCUT2D eigenvalue weighted by molar-refractivity contribution is -0.136. The van der Waals surface area contributed by atoms with Gasteiger partial charge in [0.1, 0.15) is 0 Å². The van der Waals surface area contributed by atoms with E-state index in [0.29, 0.717) is 0 Å². The maximum absolute atomic E-state index is 11.0. The lowest BCUT2D eigenvalue weighted by Crippen LogP contribution is -1.99. The number of hydrogen-bond donors (Lipinski definition) is 1. The number of benzene rings is 2. The van der Waals surface area contributed by atoms with Crippen LogP contribution in [0.25, 0.3) is 22.0 Å². The van der Waals surface area contributed by atoms with Gasteiger partial charge >= 0.3 is 5.97 Å². The van der Waals surface area contributed by atoms with Crippen molar-refractivity contribution in [2.24, 2.45) is 0 Å². The fourth-order valence-electron chi connectivity index (χ4n) is 2.29. The van der Waals surface area contributed by atoms with E-state index in [2.05, 4.69) is 23.2 Å². The van der Waals surface area contributed by atoms with E-state index in [0.717, 1.165) is 26.5 Å². The molecule has 0 aliphatic carbocycles. The summed E-state index contributed by atoms with van der Waals surface area (Å²) in [4.78, 5) is 16.3. The van der Waals surface area contributed by atoms with Gasteiger partial charge in [-0.3, -0.25) is 4.79 Å². The first-order valence-electron chi connectivity index (χ1n) is 6.31. The van der Waals surface area contributed by atoms with E-state index in [1.54, 1.807) is 0 Å². The molecule has 0 aliphatic rings. The molecule has 2 aromatic carbocycles. The molecule has 1 aromatic heterocycles. The number of aliphatic carboxylic acids is 1. The molecule has 0 spiro atoms. The summed E-state index contributed by atoms with van der Waals surface area (Å²) in [6.07, 6.45) is 0.0215. The SMILES string of the molecule is Cc1nc(-c2ccc3ccccc3c2)c(CC(=O)O)s1. The van der Waals surface area contributed by atoms with Crippen LogP contribution in [-0.4, -0.2) is 16.1 Å². The van der Waals surface area contributed by atoms with Crippen molar-refractivity contribution in [2.45, 2.75) is 13.3 Å². The molecule has 3 rings (SSSR count). The molecule has 0 saturated carbocycles. The van der Waals surface area contributed by atoms with Crippen LogP contribution < -0.4 is 0 Å². The fourth-order valence-corrected chi connectivity index (χ4v) is 3.24. The van der Waals surface area contributed by atoms with Crippen LogP contribution in [0.15, 0.2) is 42.5 Å². The Kier molecular flexibility index (Phi) is 3.24. The number of thiazole rings is 1. The summed E-state index contributed by atoms with van der Waals surface area (Å²) >= 11 is 1.45. The van der Waals surface area contributed by atoms with Crippen LogP contribution in [-0.2, 0) is 11.2 Å². The number of carboxylic acid groups (broad SMARTS) is 1. The molecular formula is C16H13NO2S. The molecule has 4 heteroatoms. The summed E-state index contributed by atoms with van der Waals surface area (Å²) in [6.45, 7) is 1.90. The number of hydrogen-bond acceptors (Lipinski definition) is 3. The van der Waals surface area contributed by atoms with Crippen molar-refractivity contribution < 1.29 is 9.90 Å². The smallest absolute Gasteiger partial charge is 0.308 e. The van der Waals surface area contributed by atoms with Crippen molar-refractivity contribution in [3.05, 3.63) is 52.3 Å². The van der Waals surface area contributed by atoms with E-state index in [9.17, 15) is 4.79 Å². The average Bonchev–Trinajstić information content (AvgIpc) is 2.78. The van der Waals surface area contributed by atoms with Gasteiger partial charge in [0, 0.05) is 10.4 Å². The summed E-state index contributed by atoms with van der Waals surface area (Å²) in [5, 5.41) is 12.2. The normalized spacial score (nSPS) is 10.8. The largest absolute Gasteiger partial charge is 0.481 e. The van der Waals surface area contributed by atoms with E-state index < -0.39 is 5.97 Å². The lowest BCUT2D eigenvalue weighted by Gasteiger charge is -2.03. The molecule has 0 radical (unpaired) electrons. The monoisotopic (exact) mass is 283 g/mol. The Bertz CT molecular complexity index is 792. The first-order chi connectivity index (χ1) is 9.63. The van der Waals surface area contributed by atoms with Gasteiger partial charge in [-0.15, -0.1) is 11.3 Å². The van der Waals surface area contributed by atoms with Crippen LogP contribution in [0.3, 0.4) is 0 Å². The number of fused-ring (bicyclic) bond motifs is 1. The van der Waals surface area contributed by atoms with E-state index in [4.69, 9.17) is 5.11 Å². The molecule has 0 unspecified atom stereocenters. The Labute approximate surface area is 120 Å². The minimum Gasteiger partial charge on any atom is -0.481 e. The lowest BCUT2D eigenvalue weighted by atomic mass is 10.0. The summed E-state index contributed by atoms with van der Waals surface area (Å²) in [5.41, 5.74) is 1.77. The highest BCUT2D eigenvalue weighted by Crippen LogP contribution is 2.30. The third-order valence-corrected chi connectivity index (χ3v) is 4.11. The van der Waals surface area contributed by atoms with Crippen molar-refractivity contribution in [1.29, 1.82) is 0 Å². The maximum Gasteiger partial charge on any atom is 0.308 e. The molecule has 0 saturated heterocycles. The van der Waals surface area contributed by atoms with Gasteiger partial charge in [-0.25, -0.2) is 4.98 Å². The van der Waals surface area contributed by atoms with Crippen molar-refractivity contribution in [1.82, 2.24) is 4.98 Å². The number of aromatic nitrogens is 1. The van der Waals surface area contributed by atoms with Gasteiger partial charge in [0.05, 0.1) is 17.1 Å². The summed E-state index contributed by atoms with van der Waals surface area (Å²) in [7, 11) is 0. The fraction of sp³-hybridized carbons (Fsp3) is 0.125. The third kappa shape index (κ3) is 2.42. The Morgan fingerprint density at radius 2 is 1.95 bits per heavy atom. The number of rotatable bonds is 3. The van der Waals surface area contributed by atoms with E-state index in [-0.39, 0.29) is 6.42 Å². The number of carboxylic acids is 1. The van der Waals surface area contributed by atoms with Gasteiger partial charge in [0.2, 0.25) is 0 Å². The molecule has 0 atom stereocenters. The topological polar surface area (TPSA) is 50.2 Å². The van der Waals surface area contributed by atoms with Gasteiger partial charge in [-0.2, -0.15) is 0 Å². The molecule has 3 nitrogen and oxygen atoms in total. The summed E-state index contributed by atoms with van der Waals surface area (Å²) < 4.78 is 0. The van der Waals surface area contributed by atoms with Gasteiger partial charge < -0.3 is 5.11 Å². The molecule has 0 aliphatic heterocycles. The molecule has 20 heavy (non-hydrogen) atoms. The maximum atomic E-state index is 11.0. The van der Waals surface area contributed by atoms with Crippen LogP contribution in [0.4, 0.5) is 0 Å².